The minimum Gasteiger partial charge on any atom is -0.338 e. The van der Waals surface area contributed by atoms with Crippen LogP contribution in [0.2, 0.25) is 0 Å². The van der Waals surface area contributed by atoms with Crippen molar-refractivity contribution in [2.75, 3.05) is 39.8 Å². The molecule has 0 unspecified atom stereocenters. The minimum atomic E-state index is 0.136. The van der Waals surface area contributed by atoms with Crippen LogP contribution in [0.4, 0.5) is 0 Å². The van der Waals surface area contributed by atoms with Gasteiger partial charge in [0.25, 0.3) is 0 Å². The van der Waals surface area contributed by atoms with Crippen LogP contribution < -0.4 is 5.73 Å². The molecular formula is C11H23N3O. The first kappa shape index (κ1) is 14.1. The fourth-order valence-corrected chi connectivity index (χ4v) is 1.33. The van der Waals surface area contributed by atoms with E-state index in [0.717, 1.165) is 18.7 Å². The van der Waals surface area contributed by atoms with Crippen LogP contribution >= 0.6 is 0 Å². The van der Waals surface area contributed by atoms with Crippen LogP contribution in [0.1, 0.15) is 13.8 Å². The van der Waals surface area contributed by atoms with Gasteiger partial charge < -0.3 is 10.6 Å². The maximum absolute atomic E-state index is 11.8. The summed E-state index contributed by atoms with van der Waals surface area (Å²) in [5.74, 6) is 0.136. The number of likely N-dealkylation sites (N-methyl/N-ethyl adjacent to an activating group) is 2. The molecule has 0 aliphatic rings. The Morgan fingerprint density at radius 1 is 1.40 bits per heavy atom. The van der Waals surface area contributed by atoms with E-state index in [4.69, 9.17) is 5.73 Å². The highest BCUT2D eigenvalue weighted by Crippen LogP contribution is 1.97. The number of nitrogens with zero attached hydrogens (tertiary/aromatic N) is 2. The molecule has 0 saturated heterocycles. The molecule has 0 atom stereocenters. The monoisotopic (exact) mass is 213 g/mol. The van der Waals surface area contributed by atoms with Crippen molar-refractivity contribution in [1.29, 1.82) is 0 Å². The summed E-state index contributed by atoms with van der Waals surface area (Å²) in [6.07, 6.45) is 0. The number of amides is 1. The molecule has 0 radical (unpaired) electrons. The second kappa shape index (κ2) is 7.43. The average Bonchev–Trinajstić information content (AvgIpc) is 2.13. The van der Waals surface area contributed by atoms with E-state index in [-0.39, 0.29) is 5.91 Å². The third kappa shape index (κ3) is 6.25. The SMILES string of the molecule is C=C(C)CN(CC)C(=O)CN(C)CCN. The first-order chi connectivity index (χ1) is 7.01. The molecule has 2 N–H and O–H groups in total. The smallest absolute Gasteiger partial charge is 0.237 e. The molecule has 0 spiro atoms. The second-order valence-corrected chi connectivity index (χ2v) is 3.89. The highest BCUT2D eigenvalue weighted by molar-refractivity contribution is 5.78. The zero-order chi connectivity index (χ0) is 11.8. The molecule has 15 heavy (non-hydrogen) atoms. The predicted molar refractivity (Wildman–Crippen MR) is 63.6 cm³/mol. The first-order valence-electron chi connectivity index (χ1n) is 5.32. The third-order valence-electron chi connectivity index (χ3n) is 2.11. The molecule has 88 valence electrons. The largest absolute Gasteiger partial charge is 0.338 e. The van der Waals surface area contributed by atoms with Crippen LogP contribution in [-0.2, 0) is 4.79 Å². The van der Waals surface area contributed by atoms with Gasteiger partial charge in [-0.05, 0) is 20.9 Å². The zero-order valence-corrected chi connectivity index (χ0v) is 10.1. The zero-order valence-electron chi connectivity index (χ0n) is 10.1. The summed E-state index contributed by atoms with van der Waals surface area (Å²) in [7, 11) is 1.90. The van der Waals surface area contributed by atoms with Crippen molar-refractivity contribution in [2.45, 2.75) is 13.8 Å². The van der Waals surface area contributed by atoms with Crippen LogP contribution in [0.25, 0.3) is 0 Å². The number of rotatable bonds is 7. The van der Waals surface area contributed by atoms with E-state index in [1.54, 1.807) is 4.90 Å². The lowest BCUT2D eigenvalue weighted by atomic mass is 10.3. The summed E-state index contributed by atoms with van der Waals surface area (Å²) < 4.78 is 0. The van der Waals surface area contributed by atoms with Crippen molar-refractivity contribution in [3.05, 3.63) is 12.2 Å². The molecule has 4 heteroatoms. The first-order valence-corrected chi connectivity index (χ1v) is 5.32. The van der Waals surface area contributed by atoms with Gasteiger partial charge in [-0.2, -0.15) is 0 Å². The van der Waals surface area contributed by atoms with Crippen LogP contribution in [0.5, 0.6) is 0 Å². The van der Waals surface area contributed by atoms with Gasteiger partial charge in [-0.15, -0.1) is 0 Å². The predicted octanol–water partition coefficient (Wildman–Crippen LogP) is 0.302. The molecule has 0 bridgehead atoms. The van der Waals surface area contributed by atoms with Gasteiger partial charge in [0, 0.05) is 26.2 Å². The lowest BCUT2D eigenvalue weighted by molar-refractivity contribution is -0.131. The number of hydrogen-bond acceptors (Lipinski definition) is 3. The van der Waals surface area contributed by atoms with Crippen LogP contribution in [0, 0.1) is 0 Å². The Morgan fingerprint density at radius 3 is 2.40 bits per heavy atom. The molecular weight excluding hydrogens is 190 g/mol. The van der Waals surface area contributed by atoms with Crippen molar-refractivity contribution >= 4 is 5.91 Å². The molecule has 0 aromatic carbocycles. The highest BCUT2D eigenvalue weighted by Gasteiger charge is 2.13. The maximum atomic E-state index is 11.8. The van der Waals surface area contributed by atoms with Gasteiger partial charge in [0.1, 0.15) is 0 Å². The van der Waals surface area contributed by atoms with Gasteiger partial charge in [0.15, 0.2) is 0 Å². The molecule has 0 heterocycles. The summed E-state index contributed by atoms with van der Waals surface area (Å²) in [6, 6.07) is 0. The Hall–Kier alpha value is -0.870. The minimum absolute atomic E-state index is 0.136. The van der Waals surface area contributed by atoms with Gasteiger partial charge in [0.2, 0.25) is 5.91 Å². The molecule has 0 aliphatic heterocycles. The fourth-order valence-electron chi connectivity index (χ4n) is 1.33. The van der Waals surface area contributed by atoms with Crippen molar-refractivity contribution in [3.8, 4) is 0 Å². The fraction of sp³-hybridized carbons (Fsp3) is 0.727. The number of nitrogens with two attached hydrogens (primary N) is 1. The van der Waals surface area contributed by atoms with Crippen LogP contribution in [-0.4, -0.2) is 55.5 Å². The molecule has 0 fully saturated rings. The van der Waals surface area contributed by atoms with E-state index in [1.807, 2.05) is 25.8 Å². The topological polar surface area (TPSA) is 49.6 Å². The third-order valence-corrected chi connectivity index (χ3v) is 2.11. The molecule has 0 aromatic rings. The quantitative estimate of drug-likeness (QED) is 0.619. The van der Waals surface area contributed by atoms with Gasteiger partial charge >= 0.3 is 0 Å². The molecule has 0 aromatic heterocycles. The Kier molecular flexibility index (Phi) is 6.99. The Labute approximate surface area is 92.7 Å². The summed E-state index contributed by atoms with van der Waals surface area (Å²) in [5.41, 5.74) is 6.42. The lowest BCUT2D eigenvalue weighted by Crippen LogP contribution is -2.40. The lowest BCUT2D eigenvalue weighted by Gasteiger charge is -2.24. The summed E-state index contributed by atoms with van der Waals surface area (Å²) in [6.45, 7) is 10.8. The van der Waals surface area contributed by atoms with E-state index in [0.29, 0.717) is 19.6 Å². The van der Waals surface area contributed by atoms with Crippen LogP contribution in [0.3, 0.4) is 0 Å². The Bertz CT molecular complexity index is 216. The molecule has 0 saturated carbocycles. The molecule has 4 nitrogen and oxygen atoms in total. The number of carbonyl (C=O) groups excluding carboxylic acids is 1. The van der Waals surface area contributed by atoms with Crippen molar-refractivity contribution in [2.24, 2.45) is 5.73 Å². The Morgan fingerprint density at radius 2 is 2.00 bits per heavy atom. The molecule has 0 rings (SSSR count). The van der Waals surface area contributed by atoms with E-state index in [9.17, 15) is 4.79 Å². The normalized spacial score (nSPS) is 10.5. The van der Waals surface area contributed by atoms with Gasteiger partial charge in [0.05, 0.1) is 6.54 Å². The second-order valence-electron chi connectivity index (χ2n) is 3.89. The average molecular weight is 213 g/mol. The number of carbonyl (C=O) groups is 1. The maximum Gasteiger partial charge on any atom is 0.237 e. The van der Waals surface area contributed by atoms with E-state index in [1.165, 1.54) is 0 Å². The van der Waals surface area contributed by atoms with E-state index >= 15 is 0 Å². The summed E-state index contributed by atoms with van der Waals surface area (Å²) in [4.78, 5) is 15.5. The number of hydrogen-bond donors (Lipinski definition) is 1. The highest BCUT2D eigenvalue weighted by atomic mass is 16.2. The molecule has 0 aliphatic carbocycles. The van der Waals surface area contributed by atoms with Crippen LogP contribution in [0.15, 0.2) is 12.2 Å². The molecule has 1 amide bonds. The summed E-state index contributed by atoms with van der Waals surface area (Å²) in [5, 5.41) is 0. The summed E-state index contributed by atoms with van der Waals surface area (Å²) >= 11 is 0. The van der Waals surface area contributed by atoms with E-state index < -0.39 is 0 Å². The standard InChI is InChI=1S/C11H23N3O/c1-5-14(8-10(2)3)11(15)9-13(4)7-6-12/h2,5-9,12H2,1,3-4H3. The van der Waals surface area contributed by atoms with Crippen molar-refractivity contribution < 1.29 is 4.79 Å². The van der Waals surface area contributed by atoms with Crippen molar-refractivity contribution in [1.82, 2.24) is 9.80 Å². The van der Waals surface area contributed by atoms with Gasteiger partial charge in [-0.3, -0.25) is 9.69 Å². The van der Waals surface area contributed by atoms with Crippen molar-refractivity contribution in [3.63, 3.8) is 0 Å². The van der Waals surface area contributed by atoms with Gasteiger partial charge in [-0.25, -0.2) is 0 Å². The van der Waals surface area contributed by atoms with E-state index in [2.05, 4.69) is 6.58 Å². The van der Waals surface area contributed by atoms with Gasteiger partial charge in [-0.1, -0.05) is 12.2 Å². The Balaban J connectivity index is 4.09.